The van der Waals surface area contributed by atoms with Crippen molar-refractivity contribution in [2.75, 3.05) is 25.7 Å². The molecule has 4 heteroatoms. The highest BCUT2D eigenvalue weighted by Crippen LogP contribution is 2.08. The van der Waals surface area contributed by atoms with Gasteiger partial charge in [-0.05, 0) is 24.0 Å². The van der Waals surface area contributed by atoms with Crippen molar-refractivity contribution >= 4 is 17.7 Å². The molecule has 0 saturated carbocycles. The monoisotopic (exact) mass is 240 g/mol. The Kier molecular flexibility index (Phi) is 5.96. The van der Waals surface area contributed by atoms with Crippen LogP contribution in [0, 0.1) is 0 Å². The minimum absolute atomic E-state index is 0.271. The molecule has 1 aromatic rings. The minimum Gasteiger partial charge on any atom is -0.461 e. The SMILES string of the molecule is COCc1cccc(C(=O)OCCSC)c1. The average molecular weight is 240 g/mol. The van der Waals surface area contributed by atoms with Crippen LogP contribution in [-0.2, 0) is 16.1 Å². The van der Waals surface area contributed by atoms with Gasteiger partial charge in [-0.1, -0.05) is 12.1 Å². The van der Waals surface area contributed by atoms with Crippen LogP contribution in [0.15, 0.2) is 24.3 Å². The predicted molar refractivity (Wildman–Crippen MR) is 65.8 cm³/mol. The van der Waals surface area contributed by atoms with E-state index in [0.717, 1.165) is 11.3 Å². The Morgan fingerprint density at radius 3 is 2.94 bits per heavy atom. The van der Waals surface area contributed by atoms with E-state index in [1.807, 2.05) is 18.4 Å². The third-order valence-corrected chi connectivity index (χ3v) is 2.57. The molecule has 0 atom stereocenters. The number of ether oxygens (including phenoxy) is 2. The van der Waals surface area contributed by atoms with Gasteiger partial charge >= 0.3 is 5.97 Å². The molecule has 0 saturated heterocycles. The Bertz CT molecular complexity index is 339. The van der Waals surface area contributed by atoms with Crippen molar-refractivity contribution in [2.24, 2.45) is 0 Å². The second kappa shape index (κ2) is 7.30. The third kappa shape index (κ3) is 4.24. The molecule has 1 rings (SSSR count). The number of carbonyl (C=O) groups excluding carboxylic acids is 1. The largest absolute Gasteiger partial charge is 0.461 e. The van der Waals surface area contributed by atoms with E-state index >= 15 is 0 Å². The number of methoxy groups -OCH3 is 1. The van der Waals surface area contributed by atoms with Gasteiger partial charge in [-0.3, -0.25) is 0 Å². The molecule has 1 aromatic carbocycles. The molecule has 0 radical (unpaired) electrons. The summed E-state index contributed by atoms with van der Waals surface area (Å²) in [6.07, 6.45) is 1.98. The summed E-state index contributed by atoms with van der Waals surface area (Å²) >= 11 is 1.65. The summed E-state index contributed by atoms with van der Waals surface area (Å²) in [4.78, 5) is 11.6. The van der Waals surface area contributed by atoms with Crippen molar-refractivity contribution in [1.29, 1.82) is 0 Å². The molecule has 0 aromatic heterocycles. The summed E-state index contributed by atoms with van der Waals surface area (Å²) in [6, 6.07) is 7.30. The maximum absolute atomic E-state index is 11.6. The number of carbonyl (C=O) groups is 1. The van der Waals surface area contributed by atoms with Crippen LogP contribution in [0.3, 0.4) is 0 Å². The first-order valence-electron chi connectivity index (χ1n) is 5.02. The highest BCUT2D eigenvalue weighted by molar-refractivity contribution is 7.98. The van der Waals surface area contributed by atoms with Gasteiger partial charge in [0.15, 0.2) is 0 Å². The number of rotatable bonds is 6. The minimum atomic E-state index is -0.271. The predicted octanol–water partition coefficient (Wildman–Crippen LogP) is 2.35. The third-order valence-electron chi connectivity index (χ3n) is 1.99. The zero-order chi connectivity index (χ0) is 11.8. The van der Waals surface area contributed by atoms with Crippen LogP contribution in [0.25, 0.3) is 0 Å². The lowest BCUT2D eigenvalue weighted by molar-refractivity contribution is 0.0530. The molecule has 0 aliphatic rings. The van der Waals surface area contributed by atoms with E-state index in [1.54, 1.807) is 31.0 Å². The fraction of sp³-hybridized carbons (Fsp3) is 0.417. The molecule has 0 fully saturated rings. The van der Waals surface area contributed by atoms with Gasteiger partial charge in [0.25, 0.3) is 0 Å². The summed E-state index contributed by atoms with van der Waals surface area (Å²) < 4.78 is 10.1. The lowest BCUT2D eigenvalue weighted by Gasteiger charge is -2.05. The van der Waals surface area contributed by atoms with Crippen LogP contribution in [0.5, 0.6) is 0 Å². The first kappa shape index (κ1) is 13.1. The Hall–Kier alpha value is -1.00. The number of hydrogen-bond donors (Lipinski definition) is 0. The quantitative estimate of drug-likeness (QED) is 0.565. The first-order chi connectivity index (χ1) is 7.77. The van der Waals surface area contributed by atoms with E-state index in [1.165, 1.54) is 0 Å². The maximum Gasteiger partial charge on any atom is 0.338 e. The Morgan fingerprint density at radius 2 is 2.25 bits per heavy atom. The summed E-state index contributed by atoms with van der Waals surface area (Å²) in [6.45, 7) is 0.959. The fourth-order valence-corrected chi connectivity index (χ4v) is 1.51. The Balaban J connectivity index is 2.57. The van der Waals surface area contributed by atoms with Crippen molar-refractivity contribution in [3.05, 3.63) is 35.4 Å². The van der Waals surface area contributed by atoms with E-state index in [9.17, 15) is 4.79 Å². The topological polar surface area (TPSA) is 35.5 Å². The van der Waals surface area contributed by atoms with Crippen LogP contribution in [-0.4, -0.2) is 31.7 Å². The highest BCUT2D eigenvalue weighted by atomic mass is 32.2. The molecule has 0 unspecified atom stereocenters. The molecule has 0 amide bonds. The molecule has 3 nitrogen and oxygen atoms in total. The molecule has 0 aliphatic carbocycles. The molecular weight excluding hydrogens is 224 g/mol. The molecule has 0 aliphatic heterocycles. The standard InChI is InChI=1S/C12H16O3S/c1-14-9-10-4-3-5-11(8-10)12(13)15-6-7-16-2/h3-5,8H,6-7,9H2,1-2H3. The fourth-order valence-electron chi connectivity index (χ4n) is 1.26. The van der Waals surface area contributed by atoms with Crippen molar-refractivity contribution in [3.8, 4) is 0 Å². The van der Waals surface area contributed by atoms with E-state index in [4.69, 9.17) is 9.47 Å². The van der Waals surface area contributed by atoms with Gasteiger partial charge in [0.2, 0.25) is 0 Å². The average Bonchev–Trinajstić information content (AvgIpc) is 2.30. The molecule has 0 spiro atoms. The molecular formula is C12H16O3S. The van der Waals surface area contributed by atoms with Gasteiger partial charge in [-0.2, -0.15) is 11.8 Å². The second-order valence-corrected chi connectivity index (χ2v) is 4.25. The number of benzene rings is 1. The summed E-state index contributed by atoms with van der Waals surface area (Å²) in [5.74, 6) is 0.552. The Morgan fingerprint density at radius 1 is 1.44 bits per heavy atom. The van der Waals surface area contributed by atoms with Crippen molar-refractivity contribution < 1.29 is 14.3 Å². The van der Waals surface area contributed by atoms with Crippen LogP contribution in [0.2, 0.25) is 0 Å². The van der Waals surface area contributed by atoms with Crippen molar-refractivity contribution in [3.63, 3.8) is 0 Å². The van der Waals surface area contributed by atoms with E-state index in [0.29, 0.717) is 18.8 Å². The van der Waals surface area contributed by atoms with Gasteiger partial charge < -0.3 is 9.47 Å². The van der Waals surface area contributed by atoms with Crippen LogP contribution in [0.1, 0.15) is 15.9 Å². The summed E-state index contributed by atoms with van der Waals surface area (Å²) in [5, 5.41) is 0. The lowest BCUT2D eigenvalue weighted by Crippen LogP contribution is -2.08. The van der Waals surface area contributed by atoms with Crippen LogP contribution in [0.4, 0.5) is 0 Å². The van der Waals surface area contributed by atoms with Gasteiger partial charge in [0.1, 0.15) is 6.61 Å². The molecule has 16 heavy (non-hydrogen) atoms. The highest BCUT2D eigenvalue weighted by Gasteiger charge is 2.07. The van der Waals surface area contributed by atoms with Gasteiger partial charge in [0, 0.05) is 12.9 Å². The van der Waals surface area contributed by atoms with E-state index < -0.39 is 0 Å². The van der Waals surface area contributed by atoms with Crippen LogP contribution >= 0.6 is 11.8 Å². The van der Waals surface area contributed by atoms with Gasteiger partial charge in [0.05, 0.1) is 12.2 Å². The molecule has 0 bridgehead atoms. The second-order valence-electron chi connectivity index (χ2n) is 3.26. The molecule has 0 heterocycles. The van der Waals surface area contributed by atoms with Crippen LogP contribution < -0.4 is 0 Å². The molecule has 88 valence electrons. The van der Waals surface area contributed by atoms with E-state index in [-0.39, 0.29) is 5.97 Å². The number of hydrogen-bond acceptors (Lipinski definition) is 4. The lowest BCUT2D eigenvalue weighted by atomic mass is 10.1. The van der Waals surface area contributed by atoms with E-state index in [2.05, 4.69) is 0 Å². The Labute approximate surface area is 100 Å². The van der Waals surface area contributed by atoms with Gasteiger partial charge in [-0.15, -0.1) is 0 Å². The van der Waals surface area contributed by atoms with Crippen molar-refractivity contribution in [1.82, 2.24) is 0 Å². The molecule has 0 N–H and O–H groups in total. The zero-order valence-electron chi connectivity index (χ0n) is 9.56. The number of esters is 1. The summed E-state index contributed by atoms with van der Waals surface area (Å²) in [5.41, 5.74) is 1.55. The van der Waals surface area contributed by atoms with Crippen molar-refractivity contribution in [2.45, 2.75) is 6.61 Å². The zero-order valence-corrected chi connectivity index (χ0v) is 10.4. The number of thioether (sulfide) groups is 1. The normalized spacial score (nSPS) is 10.1. The smallest absolute Gasteiger partial charge is 0.338 e. The maximum atomic E-state index is 11.6. The van der Waals surface area contributed by atoms with Gasteiger partial charge in [-0.25, -0.2) is 4.79 Å². The first-order valence-corrected chi connectivity index (χ1v) is 6.41. The summed E-state index contributed by atoms with van der Waals surface area (Å²) in [7, 11) is 1.63.